The Morgan fingerprint density at radius 2 is 1.50 bits per heavy atom. The maximum atomic E-state index is 10.7. The maximum Gasteiger partial charge on any atom is 1.00 e. The molecule has 0 unspecified atom stereocenters. The van der Waals surface area contributed by atoms with Crippen molar-refractivity contribution in [2.75, 3.05) is 0 Å². The van der Waals surface area contributed by atoms with Crippen LogP contribution in [0, 0.1) is 18.3 Å². The molecule has 0 aromatic carbocycles. The smallest absolute Gasteiger partial charge is 0.481 e. The Kier molecular flexibility index (Phi) is 7.52. The van der Waals surface area contributed by atoms with Crippen LogP contribution >= 0.6 is 0 Å². The fraction of sp³-hybridized carbons (Fsp3) is 0.667. The molecule has 2 N–H and O–H groups in total. The Bertz CT molecular complexity index is 197. The molecule has 0 aliphatic heterocycles. The van der Waals surface area contributed by atoms with E-state index < -0.39 is 23.3 Å². The predicted molar refractivity (Wildman–Crippen MR) is 47.1 cm³/mol. The molecule has 0 radical (unpaired) electrons. The zero-order valence-electron chi connectivity index (χ0n) is 8.91. The second-order valence-electron chi connectivity index (χ2n) is 3.18. The normalized spacial score (nSPS) is 10.9. The monoisotopic (exact) mass is 210 g/mol. The molecular weight excluding hydrogens is 195 g/mol. The Morgan fingerprint density at radius 3 is 1.57 bits per heavy atom. The van der Waals surface area contributed by atoms with Gasteiger partial charge in [0.05, 0.1) is 0 Å². The maximum absolute atomic E-state index is 10.7. The van der Waals surface area contributed by atoms with E-state index in [1.807, 2.05) is 0 Å². The first-order valence-electron chi connectivity index (χ1n) is 4.20. The van der Waals surface area contributed by atoms with Crippen molar-refractivity contribution in [3.63, 3.8) is 0 Å². The largest absolute Gasteiger partial charge is 1.00 e. The summed E-state index contributed by atoms with van der Waals surface area (Å²) in [5.41, 5.74) is -0.905. The molecular formula is C9H15NaO4. The van der Waals surface area contributed by atoms with E-state index in [0.29, 0.717) is 12.8 Å². The van der Waals surface area contributed by atoms with Gasteiger partial charge >= 0.3 is 41.5 Å². The van der Waals surface area contributed by atoms with Crippen molar-refractivity contribution >= 4 is 11.9 Å². The topological polar surface area (TPSA) is 74.6 Å². The fourth-order valence-electron chi connectivity index (χ4n) is 1.29. The molecule has 0 fully saturated rings. The zero-order valence-corrected chi connectivity index (χ0v) is 10.9. The van der Waals surface area contributed by atoms with E-state index >= 15 is 0 Å². The molecule has 0 amide bonds. The first kappa shape index (κ1) is 16.4. The van der Waals surface area contributed by atoms with E-state index in [-0.39, 0.29) is 29.6 Å². The molecule has 0 spiro atoms. The van der Waals surface area contributed by atoms with Crippen molar-refractivity contribution in [1.82, 2.24) is 0 Å². The van der Waals surface area contributed by atoms with Crippen LogP contribution in [0.15, 0.2) is 0 Å². The standard InChI is InChI=1S/C9H15O4.Na/c1-4-9(3,5-2)6(7(10)11)8(12)13;/h6H,3-5H2,1-2H3,(H,10,11)(H,12,13);/q-1;+1. The molecule has 0 atom stereocenters. The summed E-state index contributed by atoms with van der Waals surface area (Å²) in [7, 11) is 0. The van der Waals surface area contributed by atoms with Crippen LogP contribution in [0.5, 0.6) is 0 Å². The third-order valence-electron chi connectivity index (χ3n) is 2.51. The first-order valence-corrected chi connectivity index (χ1v) is 4.20. The minimum atomic E-state index is -1.41. The fourth-order valence-corrected chi connectivity index (χ4v) is 1.29. The van der Waals surface area contributed by atoms with Gasteiger partial charge in [0.15, 0.2) is 0 Å². The Morgan fingerprint density at radius 1 is 1.21 bits per heavy atom. The van der Waals surface area contributed by atoms with Crippen LogP contribution in [-0.2, 0) is 9.59 Å². The molecule has 14 heavy (non-hydrogen) atoms. The van der Waals surface area contributed by atoms with Gasteiger partial charge in [0.25, 0.3) is 0 Å². The third-order valence-corrected chi connectivity index (χ3v) is 2.51. The van der Waals surface area contributed by atoms with E-state index in [4.69, 9.17) is 10.2 Å². The molecule has 0 aromatic rings. The summed E-state index contributed by atoms with van der Waals surface area (Å²) in [4.78, 5) is 21.4. The van der Waals surface area contributed by atoms with Gasteiger partial charge in [0, 0.05) is 0 Å². The first-order chi connectivity index (χ1) is 5.89. The summed E-state index contributed by atoms with van der Waals surface area (Å²) < 4.78 is 0. The predicted octanol–water partition coefficient (Wildman–Crippen LogP) is -1.58. The van der Waals surface area contributed by atoms with Crippen molar-refractivity contribution in [3.8, 4) is 0 Å². The number of carbonyl (C=O) groups is 2. The van der Waals surface area contributed by atoms with Gasteiger partial charge in [-0.3, -0.25) is 9.59 Å². The van der Waals surface area contributed by atoms with Crippen LogP contribution in [0.4, 0.5) is 0 Å². The average Bonchev–Trinajstić information content (AvgIpc) is 2.02. The van der Waals surface area contributed by atoms with Gasteiger partial charge in [-0.2, -0.15) is 0 Å². The molecule has 0 aliphatic rings. The van der Waals surface area contributed by atoms with Crippen LogP contribution in [0.2, 0.25) is 0 Å². The molecule has 0 aliphatic carbocycles. The zero-order chi connectivity index (χ0) is 10.6. The SMILES string of the molecule is [CH2-]C(CC)(CC)C(C(=O)O)C(=O)O.[Na+]. The minimum absolute atomic E-state index is 0. The van der Waals surface area contributed by atoms with Gasteiger partial charge in [-0.1, -0.05) is 26.7 Å². The number of hydrogen-bond acceptors (Lipinski definition) is 2. The van der Waals surface area contributed by atoms with Gasteiger partial charge in [0.1, 0.15) is 5.92 Å². The second-order valence-corrected chi connectivity index (χ2v) is 3.18. The van der Waals surface area contributed by atoms with Crippen molar-refractivity contribution in [2.24, 2.45) is 11.3 Å². The summed E-state index contributed by atoms with van der Waals surface area (Å²) in [5, 5.41) is 17.4. The molecule has 4 nitrogen and oxygen atoms in total. The van der Waals surface area contributed by atoms with E-state index in [1.165, 1.54) is 0 Å². The Balaban J connectivity index is 0. The third kappa shape index (κ3) is 3.59. The van der Waals surface area contributed by atoms with Gasteiger partial charge in [-0.05, 0) is 0 Å². The molecule has 0 aromatic heterocycles. The molecule has 0 saturated carbocycles. The van der Waals surface area contributed by atoms with Crippen LogP contribution in [0.1, 0.15) is 26.7 Å². The van der Waals surface area contributed by atoms with Crippen LogP contribution in [0.25, 0.3) is 0 Å². The molecule has 5 heteroatoms. The number of rotatable bonds is 5. The van der Waals surface area contributed by atoms with Gasteiger partial charge in [-0.15, -0.1) is 5.41 Å². The molecule has 0 heterocycles. The summed E-state index contributed by atoms with van der Waals surface area (Å²) in [5.74, 6) is -4.04. The second kappa shape index (κ2) is 6.43. The average molecular weight is 210 g/mol. The van der Waals surface area contributed by atoms with E-state index in [9.17, 15) is 9.59 Å². The Hall–Kier alpha value is -0.0600. The quantitative estimate of drug-likeness (QED) is 0.326. The van der Waals surface area contributed by atoms with Crippen LogP contribution in [-0.4, -0.2) is 22.2 Å². The van der Waals surface area contributed by atoms with Crippen molar-refractivity contribution in [3.05, 3.63) is 6.92 Å². The summed E-state index contributed by atoms with van der Waals surface area (Å²) in [6, 6.07) is 0. The Labute approximate surface area is 106 Å². The number of aliphatic carboxylic acids is 2. The number of carboxylic acid groups (broad SMARTS) is 2. The summed E-state index contributed by atoms with van der Waals surface area (Å²) in [6.07, 6.45) is 0.875. The number of carboxylic acids is 2. The van der Waals surface area contributed by atoms with Gasteiger partial charge in [-0.25, -0.2) is 0 Å². The van der Waals surface area contributed by atoms with Crippen LogP contribution in [0.3, 0.4) is 0 Å². The molecule has 0 bridgehead atoms. The molecule has 0 rings (SSSR count). The van der Waals surface area contributed by atoms with Crippen LogP contribution < -0.4 is 29.6 Å². The molecule has 0 saturated heterocycles. The van der Waals surface area contributed by atoms with Gasteiger partial charge < -0.3 is 17.1 Å². The van der Waals surface area contributed by atoms with Crippen molar-refractivity contribution in [2.45, 2.75) is 26.7 Å². The minimum Gasteiger partial charge on any atom is -0.481 e. The van der Waals surface area contributed by atoms with E-state index in [1.54, 1.807) is 13.8 Å². The van der Waals surface area contributed by atoms with E-state index in [2.05, 4.69) is 6.92 Å². The number of hydrogen-bond donors (Lipinski definition) is 2. The van der Waals surface area contributed by atoms with Gasteiger partial charge in [0.2, 0.25) is 0 Å². The summed E-state index contributed by atoms with van der Waals surface area (Å²) in [6.45, 7) is 7.18. The summed E-state index contributed by atoms with van der Waals surface area (Å²) >= 11 is 0. The van der Waals surface area contributed by atoms with E-state index in [0.717, 1.165) is 0 Å². The molecule has 76 valence electrons. The van der Waals surface area contributed by atoms with Crippen molar-refractivity contribution < 1.29 is 49.4 Å². The van der Waals surface area contributed by atoms with Crippen molar-refractivity contribution in [1.29, 1.82) is 0 Å².